The minimum absolute atomic E-state index is 0.0629. The van der Waals surface area contributed by atoms with E-state index in [2.05, 4.69) is 5.10 Å². The Morgan fingerprint density at radius 1 is 1.25 bits per heavy atom. The summed E-state index contributed by atoms with van der Waals surface area (Å²) in [5, 5.41) is 14.3. The minimum atomic E-state index is -1.23. The fourth-order valence-corrected chi connectivity index (χ4v) is 4.42. The smallest absolute Gasteiger partial charge is 0.341 e. The SMILES string of the molecule is CC(=O)N1CCc2c(cn(-c3cc(C)nn3C3CCCC3)c(=O)c2C(=O)O)C1. The Labute approximate surface area is 162 Å². The molecular weight excluding hydrogens is 360 g/mol. The second-order valence-corrected chi connectivity index (χ2v) is 7.71. The Morgan fingerprint density at radius 3 is 2.61 bits per heavy atom. The molecule has 0 bridgehead atoms. The Hall–Kier alpha value is -2.90. The molecule has 4 rings (SSSR count). The number of rotatable bonds is 3. The number of fused-ring (bicyclic) bond motifs is 1. The maximum absolute atomic E-state index is 13.1. The van der Waals surface area contributed by atoms with Crippen molar-refractivity contribution in [3.8, 4) is 5.82 Å². The van der Waals surface area contributed by atoms with Crippen molar-refractivity contribution in [2.24, 2.45) is 0 Å². The number of hydrogen-bond donors (Lipinski definition) is 1. The monoisotopic (exact) mass is 384 g/mol. The van der Waals surface area contributed by atoms with Crippen LogP contribution >= 0.6 is 0 Å². The van der Waals surface area contributed by atoms with Crippen LogP contribution in [0.25, 0.3) is 5.82 Å². The van der Waals surface area contributed by atoms with Crippen LogP contribution in [-0.2, 0) is 17.8 Å². The summed E-state index contributed by atoms with van der Waals surface area (Å²) in [7, 11) is 0. The highest BCUT2D eigenvalue weighted by Crippen LogP contribution is 2.31. The molecule has 8 heteroatoms. The Bertz CT molecular complexity index is 1010. The van der Waals surface area contributed by atoms with Crippen LogP contribution in [0, 0.1) is 6.92 Å². The van der Waals surface area contributed by atoms with Crippen LogP contribution in [0.15, 0.2) is 17.1 Å². The summed E-state index contributed by atoms with van der Waals surface area (Å²) in [5.41, 5.74) is 1.29. The van der Waals surface area contributed by atoms with Gasteiger partial charge in [-0.3, -0.25) is 14.2 Å². The van der Waals surface area contributed by atoms with Gasteiger partial charge < -0.3 is 10.0 Å². The van der Waals surface area contributed by atoms with Gasteiger partial charge in [0.25, 0.3) is 5.56 Å². The second-order valence-electron chi connectivity index (χ2n) is 7.71. The highest BCUT2D eigenvalue weighted by atomic mass is 16.4. The summed E-state index contributed by atoms with van der Waals surface area (Å²) in [6.07, 6.45) is 6.30. The molecule has 1 N–H and O–H groups in total. The van der Waals surface area contributed by atoms with Crippen LogP contribution in [0.3, 0.4) is 0 Å². The third-order valence-corrected chi connectivity index (χ3v) is 5.81. The van der Waals surface area contributed by atoms with Crippen LogP contribution in [0.5, 0.6) is 0 Å². The van der Waals surface area contributed by atoms with Gasteiger partial charge in [-0.25, -0.2) is 9.48 Å². The van der Waals surface area contributed by atoms with E-state index >= 15 is 0 Å². The van der Waals surface area contributed by atoms with Gasteiger partial charge in [0.15, 0.2) is 0 Å². The first-order valence-electron chi connectivity index (χ1n) is 9.69. The second kappa shape index (κ2) is 6.92. The summed E-state index contributed by atoms with van der Waals surface area (Å²) < 4.78 is 3.28. The van der Waals surface area contributed by atoms with Gasteiger partial charge in [0.05, 0.1) is 11.7 Å². The first kappa shape index (κ1) is 18.5. The standard InChI is InChI=1S/C20H24N4O4/c1-12-9-17(24(21-12)15-5-3-4-6-15)23-11-14-10-22(13(2)25)8-7-16(14)18(19(23)26)20(27)28/h9,11,15H,3-8,10H2,1-2H3,(H,27,28). The van der Waals surface area contributed by atoms with E-state index in [1.165, 1.54) is 11.5 Å². The number of aromatic carboxylic acids is 1. The summed E-state index contributed by atoms with van der Waals surface area (Å²) in [4.78, 5) is 38.5. The molecule has 1 amide bonds. The molecule has 2 aromatic heterocycles. The fourth-order valence-electron chi connectivity index (χ4n) is 4.42. The molecule has 0 spiro atoms. The highest BCUT2D eigenvalue weighted by molar-refractivity contribution is 5.89. The molecule has 148 valence electrons. The molecule has 1 aliphatic carbocycles. The molecule has 1 aliphatic heterocycles. The molecule has 1 fully saturated rings. The van der Waals surface area contributed by atoms with Crippen molar-refractivity contribution < 1.29 is 14.7 Å². The number of hydrogen-bond acceptors (Lipinski definition) is 4. The minimum Gasteiger partial charge on any atom is -0.477 e. The molecule has 2 aromatic rings. The van der Waals surface area contributed by atoms with Gasteiger partial charge in [0.2, 0.25) is 5.91 Å². The normalized spacial score (nSPS) is 17.0. The molecule has 28 heavy (non-hydrogen) atoms. The number of amides is 1. The Kier molecular flexibility index (Phi) is 4.56. The lowest BCUT2D eigenvalue weighted by Crippen LogP contribution is -2.38. The van der Waals surface area contributed by atoms with Gasteiger partial charge in [-0.05, 0) is 37.3 Å². The number of carboxylic acid groups (broad SMARTS) is 1. The molecule has 0 unspecified atom stereocenters. The fraction of sp³-hybridized carbons (Fsp3) is 0.500. The number of pyridine rings is 1. The lowest BCUT2D eigenvalue weighted by Gasteiger charge is -2.29. The van der Waals surface area contributed by atoms with Gasteiger partial charge in [-0.2, -0.15) is 5.10 Å². The summed E-state index contributed by atoms with van der Waals surface area (Å²) in [5.74, 6) is -0.692. The maximum atomic E-state index is 13.1. The Balaban J connectivity index is 1.90. The van der Waals surface area contributed by atoms with E-state index in [0.29, 0.717) is 36.5 Å². The van der Waals surface area contributed by atoms with Crippen molar-refractivity contribution >= 4 is 11.9 Å². The Morgan fingerprint density at radius 2 is 1.96 bits per heavy atom. The zero-order valence-corrected chi connectivity index (χ0v) is 16.1. The van der Waals surface area contributed by atoms with Crippen LogP contribution in [-0.4, -0.2) is 42.8 Å². The molecule has 0 radical (unpaired) electrons. The van der Waals surface area contributed by atoms with E-state index in [-0.39, 0.29) is 17.5 Å². The average molecular weight is 384 g/mol. The first-order valence-corrected chi connectivity index (χ1v) is 9.69. The molecule has 0 aromatic carbocycles. The molecule has 1 saturated carbocycles. The van der Waals surface area contributed by atoms with Crippen molar-refractivity contribution in [1.29, 1.82) is 0 Å². The molecule has 3 heterocycles. The predicted molar refractivity (Wildman–Crippen MR) is 102 cm³/mol. The summed E-state index contributed by atoms with van der Waals surface area (Å²) >= 11 is 0. The largest absolute Gasteiger partial charge is 0.477 e. The van der Waals surface area contributed by atoms with E-state index in [1.54, 1.807) is 11.1 Å². The molecule has 2 aliphatic rings. The third kappa shape index (κ3) is 3.02. The third-order valence-electron chi connectivity index (χ3n) is 5.81. The lowest BCUT2D eigenvalue weighted by molar-refractivity contribution is -0.129. The van der Waals surface area contributed by atoms with Gasteiger partial charge in [-0.15, -0.1) is 0 Å². The summed E-state index contributed by atoms with van der Waals surface area (Å²) in [6.45, 7) is 4.10. The highest BCUT2D eigenvalue weighted by Gasteiger charge is 2.29. The van der Waals surface area contributed by atoms with E-state index in [4.69, 9.17) is 0 Å². The topological polar surface area (TPSA) is 97.4 Å². The van der Waals surface area contributed by atoms with E-state index in [9.17, 15) is 19.5 Å². The van der Waals surface area contributed by atoms with E-state index in [0.717, 1.165) is 31.4 Å². The van der Waals surface area contributed by atoms with Gasteiger partial charge in [-0.1, -0.05) is 12.8 Å². The van der Waals surface area contributed by atoms with Crippen molar-refractivity contribution in [1.82, 2.24) is 19.2 Å². The zero-order valence-electron chi connectivity index (χ0n) is 16.1. The van der Waals surface area contributed by atoms with Crippen molar-refractivity contribution in [3.05, 3.63) is 45.0 Å². The number of nitrogens with zero attached hydrogens (tertiary/aromatic N) is 4. The number of carboxylic acids is 1. The van der Waals surface area contributed by atoms with Crippen LogP contribution in [0.2, 0.25) is 0 Å². The average Bonchev–Trinajstić information content (AvgIpc) is 3.29. The van der Waals surface area contributed by atoms with E-state index in [1.807, 2.05) is 17.7 Å². The first-order chi connectivity index (χ1) is 13.4. The predicted octanol–water partition coefficient (Wildman–Crippen LogP) is 2.06. The van der Waals surface area contributed by atoms with Crippen LogP contribution in [0.1, 0.15) is 65.8 Å². The van der Waals surface area contributed by atoms with Gasteiger partial charge in [0, 0.05) is 32.3 Å². The van der Waals surface area contributed by atoms with E-state index < -0.39 is 11.5 Å². The molecular formula is C20H24N4O4. The zero-order chi connectivity index (χ0) is 20.0. The number of aryl methyl sites for hydroxylation is 1. The van der Waals surface area contributed by atoms with Crippen molar-refractivity contribution in [2.45, 2.75) is 58.5 Å². The molecule has 0 saturated heterocycles. The number of carbonyl (C=O) groups excluding carboxylic acids is 1. The van der Waals surface area contributed by atoms with Crippen LogP contribution in [0.4, 0.5) is 0 Å². The number of aromatic nitrogens is 3. The molecule has 8 nitrogen and oxygen atoms in total. The lowest BCUT2D eigenvalue weighted by atomic mass is 9.96. The van der Waals surface area contributed by atoms with Gasteiger partial charge >= 0.3 is 5.97 Å². The maximum Gasteiger partial charge on any atom is 0.341 e. The summed E-state index contributed by atoms with van der Waals surface area (Å²) in [6, 6.07) is 2.04. The van der Waals surface area contributed by atoms with Gasteiger partial charge in [0.1, 0.15) is 11.4 Å². The molecule has 0 atom stereocenters. The van der Waals surface area contributed by atoms with Crippen molar-refractivity contribution in [3.63, 3.8) is 0 Å². The number of carbonyl (C=O) groups is 2. The quantitative estimate of drug-likeness (QED) is 0.874. The van der Waals surface area contributed by atoms with Crippen LogP contribution < -0.4 is 5.56 Å². The van der Waals surface area contributed by atoms with Crippen molar-refractivity contribution in [2.75, 3.05) is 6.54 Å².